The fraction of sp³-hybridized carbons (Fsp3) is 0.409. The van der Waals surface area contributed by atoms with Crippen LogP contribution in [-0.4, -0.2) is 59.4 Å². The zero-order chi connectivity index (χ0) is 23.2. The first-order valence-corrected chi connectivity index (χ1v) is 11.6. The lowest BCUT2D eigenvalue weighted by Gasteiger charge is -2.31. The molecule has 1 unspecified atom stereocenters. The maximum atomic E-state index is 13.1. The molecule has 0 aromatic heterocycles. The van der Waals surface area contributed by atoms with Crippen molar-refractivity contribution in [3.63, 3.8) is 0 Å². The molecule has 0 bridgehead atoms. The van der Waals surface area contributed by atoms with Gasteiger partial charge in [-0.05, 0) is 55.8 Å². The highest BCUT2D eigenvalue weighted by atomic mass is 32.2. The number of rotatable bonds is 10. The third kappa shape index (κ3) is 6.04. The molecule has 170 valence electrons. The van der Waals surface area contributed by atoms with Crippen LogP contribution in [-0.2, 0) is 21.4 Å². The van der Waals surface area contributed by atoms with Crippen molar-refractivity contribution in [3.8, 4) is 17.2 Å². The molecule has 0 saturated heterocycles. The molecule has 0 aliphatic heterocycles. The number of carbonyl (C=O) groups is 1. The van der Waals surface area contributed by atoms with E-state index in [1.165, 1.54) is 4.90 Å². The normalized spacial score (nSPS) is 12.1. The molecule has 2 aromatic carbocycles. The lowest BCUT2D eigenvalue weighted by atomic mass is 10.1. The Morgan fingerprint density at radius 1 is 1.03 bits per heavy atom. The molecule has 0 aliphatic rings. The predicted molar refractivity (Wildman–Crippen MR) is 120 cm³/mol. The number of nitrogens with zero attached hydrogens (tertiary/aromatic N) is 2. The second-order valence-electron chi connectivity index (χ2n) is 7.05. The Balaban J connectivity index is 2.24. The summed E-state index contributed by atoms with van der Waals surface area (Å²) in [5, 5.41) is 0. The average Bonchev–Trinajstić information content (AvgIpc) is 2.73. The van der Waals surface area contributed by atoms with Crippen LogP contribution in [0, 0.1) is 0 Å². The van der Waals surface area contributed by atoms with Crippen LogP contribution in [0.2, 0.25) is 0 Å². The number of anilines is 1. The minimum absolute atomic E-state index is 0.282. The SMILES string of the molecule is CCOc1ccc(N(C(C)C(=O)N(C)Cc2ccc(OC)c(OC)c2)S(C)(=O)=O)cc1. The van der Waals surface area contributed by atoms with Crippen LogP contribution < -0.4 is 18.5 Å². The third-order valence-corrected chi connectivity index (χ3v) is 5.95. The van der Waals surface area contributed by atoms with Crippen LogP contribution in [0.4, 0.5) is 5.69 Å². The van der Waals surface area contributed by atoms with Gasteiger partial charge in [0.2, 0.25) is 15.9 Å². The van der Waals surface area contributed by atoms with Crippen LogP contribution in [0.1, 0.15) is 19.4 Å². The second kappa shape index (κ2) is 10.4. The highest BCUT2D eigenvalue weighted by molar-refractivity contribution is 7.92. The molecule has 0 N–H and O–H groups in total. The number of benzene rings is 2. The van der Waals surface area contributed by atoms with Gasteiger partial charge in [-0.15, -0.1) is 0 Å². The average molecular weight is 451 g/mol. The molecule has 0 fully saturated rings. The Labute approximate surface area is 184 Å². The van der Waals surface area contributed by atoms with E-state index in [0.29, 0.717) is 29.5 Å². The van der Waals surface area contributed by atoms with Crippen molar-refractivity contribution in [1.82, 2.24) is 4.90 Å². The van der Waals surface area contributed by atoms with E-state index < -0.39 is 16.1 Å². The van der Waals surface area contributed by atoms with Crippen molar-refractivity contribution < 1.29 is 27.4 Å². The van der Waals surface area contributed by atoms with E-state index in [-0.39, 0.29) is 12.5 Å². The zero-order valence-electron chi connectivity index (χ0n) is 18.8. The molecule has 0 saturated carbocycles. The Morgan fingerprint density at radius 2 is 1.65 bits per heavy atom. The summed E-state index contributed by atoms with van der Waals surface area (Å²) in [6.07, 6.45) is 1.08. The molecular formula is C22H30N2O6S. The van der Waals surface area contributed by atoms with Crippen LogP contribution in [0.3, 0.4) is 0 Å². The van der Waals surface area contributed by atoms with Gasteiger partial charge in [0.25, 0.3) is 0 Å². The molecule has 1 amide bonds. The topological polar surface area (TPSA) is 85.4 Å². The largest absolute Gasteiger partial charge is 0.494 e. The van der Waals surface area contributed by atoms with Gasteiger partial charge >= 0.3 is 0 Å². The highest BCUT2D eigenvalue weighted by Crippen LogP contribution is 2.28. The van der Waals surface area contributed by atoms with Crippen molar-refractivity contribution in [3.05, 3.63) is 48.0 Å². The van der Waals surface area contributed by atoms with Crippen molar-refractivity contribution in [1.29, 1.82) is 0 Å². The summed E-state index contributed by atoms with van der Waals surface area (Å²) >= 11 is 0. The number of ether oxygens (including phenoxy) is 3. The van der Waals surface area contributed by atoms with Crippen LogP contribution in [0.5, 0.6) is 17.2 Å². The van der Waals surface area contributed by atoms with E-state index in [1.807, 2.05) is 13.0 Å². The number of hydrogen-bond donors (Lipinski definition) is 0. The predicted octanol–water partition coefficient (Wildman–Crippen LogP) is 2.92. The summed E-state index contributed by atoms with van der Waals surface area (Å²) in [5.74, 6) is 1.44. The Bertz CT molecular complexity index is 992. The van der Waals surface area contributed by atoms with Crippen molar-refractivity contribution in [2.24, 2.45) is 0 Å². The number of sulfonamides is 1. The van der Waals surface area contributed by atoms with Crippen LogP contribution in [0.15, 0.2) is 42.5 Å². The molecule has 0 heterocycles. The minimum Gasteiger partial charge on any atom is -0.494 e. The number of carbonyl (C=O) groups excluding carboxylic acids is 1. The standard InChI is InChI=1S/C22H30N2O6S/c1-7-30-19-11-9-18(10-12-19)24(31(6,26)27)16(2)22(25)23(3)15-17-8-13-20(28-4)21(14-17)29-5/h8-14,16H,7,15H2,1-6H3. The van der Waals surface area contributed by atoms with Gasteiger partial charge in [0.15, 0.2) is 11.5 Å². The molecular weight excluding hydrogens is 420 g/mol. The smallest absolute Gasteiger partial charge is 0.246 e. The van der Waals surface area contributed by atoms with E-state index in [2.05, 4.69) is 0 Å². The van der Waals surface area contributed by atoms with Gasteiger partial charge in [-0.2, -0.15) is 0 Å². The Hall–Kier alpha value is -2.94. The van der Waals surface area contributed by atoms with Crippen LogP contribution in [0.25, 0.3) is 0 Å². The molecule has 0 radical (unpaired) electrons. The van der Waals surface area contributed by atoms with Crippen molar-refractivity contribution >= 4 is 21.6 Å². The van der Waals surface area contributed by atoms with E-state index in [1.54, 1.807) is 64.6 Å². The van der Waals surface area contributed by atoms with Gasteiger partial charge < -0.3 is 19.1 Å². The fourth-order valence-electron chi connectivity index (χ4n) is 3.31. The van der Waals surface area contributed by atoms with Gasteiger partial charge in [-0.3, -0.25) is 9.10 Å². The van der Waals surface area contributed by atoms with Gasteiger partial charge in [0, 0.05) is 13.6 Å². The summed E-state index contributed by atoms with van der Waals surface area (Å²) in [6, 6.07) is 11.1. The summed E-state index contributed by atoms with van der Waals surface area (Å²) in [7, 11) is 1.02. The maximum Gasteiger partial charge on any atom is 0.246 e. The summed E-state index contributed by atoms with van der Waals surface area (Å²) in [4.78, 5) is 14.6. The second-order valence-corrected chi connectivity index (χ2v) is 8.90. The van der Waals surface area contributed by atoms with Crippen molar-refractivity contribution in [2.45, 2.75) is 26.4 Å². The first-order chi connectivity index (χ1) is 14.6. The summed E-state index contributed by atoms with van der Waals surface area (Å²) in [5.41, 5.74) is 1.22. The van der Waals surface area contributed by atoms with Gasteiger partial charge in [0.1, 0.15) is 11.8 Å². The Morgan fingerprint density at radius 3 is 2.16 bits per heavy atom. The molecule has 0 aliphatic carbocycles. The molecule has 0 spiro atoms. The van der Waals surface area contributed by atoms with E-state index >= 15 is 0 Å². The fourth-order valence-corrected chi connectivity index (χ4v) is 4.48. The Kier molecular flexibility index (Phi) is 8.15. The lowest BCUT2D eigenvalue weighted by Crippen LogP contribution is -2.48. The summed E-state index contributed by atoms with van der Waals surface area (Å²) < 4.78 is 42.1. The summed E-state index contributed by atoms with van der Waals surface area (Å²) in [6.45, 7) is 4.23. The van der Waals surface area contributed by atoms with Gasteiger partial charge in [-0.1, -0.05) is 6.07 Å². The molecule has 2 rings (SSSR count). The number of hydrogen-bond acceptors (Lipinski definition) is 6. The maximum absolute atomic E-state index is 13.1. The molecule has 1 atom stereocenters. The number of amides is 1. The zero-order valence-corrected chi connectivity index (χ0v) is 19.6. The van der Waals surface area contributed by atoms with E-state index in [0.717, 1.165) is 16.1 Å². The van der Waals surface area contributed by atoms with Crippen LogP contribution >= 0.6 is 0 Å². The van der Waals surface area contributed by atoms with Crippen molar-refractivity contribution in [2.75, 3.05) is 38.4 Å². The highest BCUT2D eigenvalue weighted by Gasteiger charge is 2.31. The molecule has 2 aromatic rings. The quantitative estimate of drug-likeness (QED) is 0.553. The minimum atomic E-state index is -3.70. The van der Waals surface area contributed by atoms with Gasteiger partial charge in [0.05, 0.1) is 32.8 Å². The first-order valence-electron chi connectivity index (χ1n) is 9.80. The number of methoxy groups -OCH3 is 2. The first kappa shape index (κ1) is 24.3. The third-order valence-electron chi connectivity index (χ3n) is 4.71. The molecule has 31 heavy (non-hydrogen) atoms. The lowest BCUT2D eigenvalue weighted by molar-refractivity contribution is -0.131. The molecule has 8 nitrogen and oxygen atoms in total. The van der Waals surface area contributed by atoms with E-state index in [4.69, 9.17) is 14.2 Å². The van der Waals surface area contributed by atoms with E-state index in [9.17, 15) is 13.2 Å². The molecule has 9 heteroatoms. The monoisotopic (exact) mass is 450 g/mol. The van der Waals surface area contributed by atoms with Gasteiger partial charge in [-0.25, -0.2) is 8.42 Å². The number of likely N-dealkylation sites (N-methyl/N-ethyl adjacent to an activating group) is 1.